The molecule has 0 aliphatic carbocycles. The number of nitrogen functional groups attached to an aromatic ring is 1. The quantitative estimate of drug-likeness (QED) is 0.514. The number of amides is 1. The molecule has 3 aromatic rings. The maximum Gasteiger partial charge on any atom is 0.327 e. The van der Waals surface area contributed by atoms with Gasteiger partial charge in [0.15, 0.2) is 22.5 Å². The van der Waals surface area contributed by atoms with Gasteiger partial charge < -0.3 is 25.0 Å². The van der Waals surface area contributed by atoms with Crippen molar-refractivity contribution >= 4 is 28.3 Å². The van der Waals surface area contributed by atoms with Crippen LogP contribution in [0.25, 0.3) is 10.7 Å². The average Bonchev–Trinajstić information content (AvgIpc) is 3.32. The standard InChI is InChI=1S/C20H20F3N7O3S.C2H6/c1-29(2)17(31)10-3-4-13(11(21)7-10)33-20-27-16(14-8-25-18(24)34-14)26-19(28-20)30-5-6-32-9-12(30)15(22)23;1-2/h3-4,7-8,12,15H,5-6,9H2,1-2H3,(H2,24,25);1-2H3. The molecule has 0 bridgehead atoms. The Labute approximate surface area is 209 Å². The van der Waals surface area contributed by atoms with Gasteiger partial charge >= 0.3 is 6.01 Å². The van der Waals surface area contributed by atoms with E-state index >= 15 is 0 Å². The van der Waals surface area contributed by atoms with Gasteiger partial charge in [-0.1, -0.05) is 25.2 Å². The third kappa shape index (κ3) is 6.18. The van der Waals surface area contributed by atoms with Crippen LogP contribution in [0.1, 0.15) is 24.2 Å². The highest BCUT2D eigenvalue weighted by atomic mass is 32.1. The van der Waals surface area contributed by atoms with Crippen LogP contribution in [-0.4, -0.2) is 77.1 Å². The lowest BCUT2D eigenvalue weighted by atomic mass is 10.2. The Hall–Kier alpha value is -3.52. The van der Waals surface area contributed by atoms with Crippen LogP contribution in [0.3, 0.4) is 0 Å². The van der Waals surface area contributed by atoms with Crippen molar-refractivity contribution in [2.75, 3.05) is 44.5 Å². The maximum absolute atomic E-state index is 14.7. The molecule has 1 atom stereocenters. The maximum atomic E-state index is 14.7. The number of thiazole rings is 1. The first-order valence-corrected chi connectivity index (χ1v) is 11.8. The molecule has 10 nitrogen and oxygen atoms in total. The molecule has 2 aromatic heterocycles. The van der Waals surface area contributed by atoms with Gasteiger partial charge in [-0.05, 0) is 18.2 Å². The van der Waals surface area contributed by atoms with Crippen LogP contribution in [0.15, 0.2) is 24.4 Å². The number of nitrogens with two attached hydrogens (primary N) is 1. The fraction of sp³-hybridized carbons (Fsp3) is 0.409. The molecule has 3 heterocycles. The van der Waals surface area contributed by atoms with Gasteiger partial charge in [0.2, 0.25) is 5.95 Å². The molecule has 1 aliphatic rings. The van der Waals surface area contributed by atoms with Crippen LogP contribution in [-0.2, 0) is 4.74 Å². The summed E-state index contributed by atoms with van der Waals surface area (Å²) in [6, 6.07) is 2.08. The summed E-state index contributed by atoms with van der Waals surface area (Å²) in [7, 11) is 3.09. The molecule has 0 spiro atoms. The molecule has 36 heavy (non-hydrogen) atoms. The molecule has 1 unspecified atom stereocenters. The number of anilines is 2. The minimum Gasteiger partial charge on any atom is -0.421 e. The van der Waals surface area contributed by atoms with E-state index in [4.69, 9.17) is 15.2 Å². The van der Waals surface area contributed by atoms with Gasteiger partial charge in [-0.3, -0.25) is 4.79 Å². The molecular formula is C22H26F3N7O3S. The van der Waals surface area contributed by atoms with E-state index in [0.29, 0.717) is 4.88 Å². The van der Waals surface area contributed by atoms with Gasteiger partial charge in [-0.2, -0.15) is 15.0 Å². The summed E-state index contributed by atoms with van der Waals surface area (Å²) in [4.78, 5) is 31.7. The number of halogens is 3. The second-order valence-electron chi connectivity index (χ2n) is 7.42. The monoisotopic (exact) mass is 525 g/mol. The van der Waals surface area contributed by atoms with E-state index in [2.05, 4.69) is 19.9 Å². The van der Waals surface area contributed by atoms with Crippen LogP contribution < -0.4 is 15.4 Å². The zero-order chi connectivity index (χ0) is 26.4. The largest absolute Gasteiger partial charge is 0.421 e. The first kappa shape index (κ1) is 27.1. The zero-order valence-corrected chi connectivity index (χ0v) is 20.9. The molecule has 0 saturated carbocycles. The van der Waals surface area contributed by atoms with Gasteiger partial charge in [0.05, 0.1) is 24.3 Å². The van der Waals surface area contributed by atoms with E-state index in [-0.39, 0.29) is 59.9 Å². The summed E-state index contributed by atoms with van der Waals surface area (Å²) in [6.07, 6.45) is -1.29. The Bertz CT molecular complexity index is 1200. The van der Waals surface area contributed by atoms with Gasteiger partial charge in [0, 0.05) is 26.2 Å². The van der Waals surface area contributed by atoms with E-state index in [1.807, 2.05) is 13.8 Å². The predicted octanol–water partition coefficient (Wildman–Crippen LogP) is 3.71. The number of hydrogen-bond donors (Lipinski definition) is 1. The van der Waals surface area contributed by atoms with E-state index in [1.54, 1.807) is 14.1 Å². The highest BCUT2D eigenvalue weighted by molar-refractivity contribution is 7.18. The number of carbonyl (C=O) groups is 1. The number of carbonyl (C=O) groups excluding carboxylic acids is 1. The van der Waals surface area contributed by atoms with Gasteiger partial charge in [0.1, 0.15) is 6.04 Å². The Morgan fingerprint density at radius 1 is 1.28 bits per heavy atom. The third-order valence-corrected chi connectivity index (χ3v) is 5.67. The second-order valence-corrected chi connectivity index (χ2v) is 8.48. The Kier molecular flexibility index (Phi) is 8.98. The molecule has 2 N–H and O–H groups in total. The Morgan fingerprint density at radius 2 is 2.03 bits per heavy atom. The lowest BCUT2D eigenvalue weighted by molar-refractivity contribution is 0.0198. The van der Waals surface area contributed by atoms with E-state index < -0.39 is 18.3 Å². The molecule has 1 saturated heterocycles. The minimum atomic E-state index is -2.72. The van der Waals surface area contributed by atoms with Crippen molar-refractivity contribution in [3.05, 3.63) is 35.8 Å². The molecule has 194 valence electrons. The van der Waals surface area contributed by atoms with Gasteiger partial charge in [-0.15, -0.1) is 0 Å². The van der Waals surface area contributed by atoms with Crippen LogP contribution in [0.2, 0.25) is 0 Å². The predicted molar refractivity (Wildman–Crippen MR) is 129 cm³/mol. The first-order chi connectivity index (χ1) is 17.2. The molecule has 14 heteroatoms. The van der Waals surface area contributed by atoms with Crippen molar-refractivity contribution in [3.8, 4) is 22.5 Å². The van der Waals surface area contributed by atoms with Crippen molar-refractivity contribution in [3.63, 3.8) is 0 Å². The lowest BCUT2D eigenvalue weighted by Crippen LogP contribution is -2.50. The number of aromatic nitrogens is 4. The van der Waals surface area contributed by atoms with Crippen LogP contribution in [0.5, 0.6) is 11.8 Å². The SMILES string of the molecule is CC.CN(C)C(=O)c1ccc(Oc2nc(-c3cnc(N)s3)nc(N3CCOCC3C(F)F)n2)c(F)c1. The number of rotatable bonds is 6. The Balaban J connectivity index is 0.00000176. The fourth-order valence-corrected chi connectivity index (χ4v) is 3.79. The summed E-state index contributed by atoms with van der Waals surface area (Å²) in [5.41, 5.74) is 5.82. The van der Waals surface area contributed by atoms with E-state index in [9.17, 15) is 18.0 Å². The molecule has 0 radical (unpaired) electrons. The summed E-state index contributed by atoms with van der Waals surface area (Å²) in [5, 5.41) is 0.253. The second kappa shape index (κ2) is 11.9. The van der Waals surface area contributed by atoms with E-state index in [0.717, 1.165) is 17.4 Å². The number of hydrogen-bond acceptors (Lipinski definition) is 10. The van der Waals surface area contributed by atoms with Gasteiger partial charge in [0.25, 0.3) is 12.3 Å². The molecule has 1 aliphatic heterocycles. The van der Waals surface area contributed by atoms with Crippen LogP contribution in [0.4, 0.5) is 24.3 Å². The summed E-state index contributed by atoms with van der Waals surface area (Å²) < 4.78 is 52.6. The molecule has 1 fully saturated rings. The van der Waals surface area contributed by atoms with Crippen molar-refractivity contribution < 1.29 is 27.4 Å². The van der Waals surface area contributed by atoms with Crippen LogP contribution in [0, 0.1) is 5.82 Å². The van der Waals surface area contributed by atoms with Crippen molar-refractivity contribution in [1.29, 1.82) is 0 Å². The lowest BCUT2D eigenvalue weighted by Gasteiger charge is -2.34. The fourth-order valence-electron chi connectivity index (χ4n) is 3.17. The molecule has 4 rings (SSSR count). The van der Waals surface area contributed by atoms with E-state index in [1.165, 1.54) is 28.1 Å². The smallest absolute Gasteiger partial charge is 0.327 e. The molecular weight excluding hydrogens is 499 g/mol. The summed E-state index contributed by atoms with van der Waals surface area (Å²) >= 11 is 1.08. The number of morpholine rings is 1. The third-order valence-electron chi connectivity index (χ3n) is 4.85. The normalized spacial score (nSPS) is 15.3. The summed E-state index contributed by atoms with van der Waals surface area (Å²) in [6.45, 7) is 4.10. The van der Waals surface area contributed by atoms with Crippen molar-refractivity contribution in [2.45, 2.75) is 26.3 Å². The Morgan fingerprint density at radius 3 is 2.64 bits per heavy atom. The molecule has 1 aromatic carbocycles. The number of ether oxygens (including phenoxy) is 2. The highest BCUT2D eigenvalue weighted by Crippen LogP contribution is 2.31. The van der Waals surface area contributed by atoms with Crippen molar-refractivity contribution in [2.24, 2.45) is 0 Å². The highest BCUT2D eigenvalue weighted by Gasteiger charge is 2.33. The molecule has 1 amide bonds. The number of benzene rings is 1. The van der Waals surface area contributed by atoms with Crippen molar-refractivity contribution in [1.82, 2.24) is 24.8 Å². The van der Waals surface area contributed by atoms with Gasteiger partial charge in [-0.25, -0.2) is 18.2 Å². The van der Waals surface area contributed by atoms with Crippen LogP contribution >= 0.6 is 11.3 Å². The number of nitrogens with zero attached hydrogens (tertiary/aromatic N) is 6. The first-order valence-electron chi connectivity index (χ1n) is 11.0. The summed E-state index contributed by atoms with van der Waals surface area (Å²) in [5.74, 6) is -1.47. The topological polar surface area (TPSA) is 120 Å². The minimum absolute atomic E-state index is 0.0773. The number of alkyl halides is 2. The average molecular weight is 526 g/mol. The zero-order valence-electron chi connectivity index (χ0n) is 20.1.